The van der Waals surface area contributed by atoms with Crippen LogP contribution in [-0.2, 0) is 10.0 Å². The van der Waals surface area contributed by atoms with Gasteiger partial charge in [-0.3, -0.25) is 20.1 Å². The van der Waals surface area contributed by atoms with Crippen molar-refractivity contribution >= 4 is 37.8 Å². The highest BCUT2D eigenvalue weighted by molar-refractivity contribution is 7.92. The number of hydrogen-bond acceptors (Lipinski definition) is 7. The van der Waals surface area contributed by atoms with Gasteiger partial charge >= 0.3 is 0 Å². The Morgan fingerprint density at radius 2 is 1.82 bits per heavy atom. The first-order valence-corrected chi connectivity index (χ1v) is 12.3. The maximum absolute atomic E-state index is 14.1. The predicted molar refractivity (Wildman–Crippen MR) is 129 cm³/mol. The minimum atomic E-state index is -4.32. The highest BCUT2D eigenvalue weighted by atomic mass is 32.2. The van der Waals surface area contributed by atoms with E-state index in [1.165, 1.54) is 11.3 Å². The maximum atomic E-state index is 14.1. The maximum Gasteiger partial charge on any atom is 0.264 e. The zero-order chi connectivity index (χ0) is 24.5. The monoisotopic (exact) mass is 499 g/mol. The van der Waals surface area contributed by atoms with Crippen LogP contribution in [0.2, 0.25) is 0 Å². The van der Waals surface area contributed by atoms with Crippen molar-refractivity contribution in [2.75, 3.05) is 17.1 Å². The van der Waals surface area contributed by atoms with E-state index in [9.17, 15) is 17.2 Å². The number of halogens is 2. The summed E-state index contributed by atoms with van der Waals surface area (Å²) in [6, 6.07) is 9.16. The van der Waals surface area contributed by atoms with E-state index in [1.807, 2.05) is 6.07 Å². The lowest BCUT2D eigenvalue weighted by molar-refractivity contribution is 0.551. The number of aromatic nitrogens is 2. The van der Waals surface area contributed by atoms with Crippen LogP contribution < -0.4 is 10.0 Å². The Morgan fingerprint density at radius 1 is 1.09 bits per heavy atom. The van der Waals surface area contributed by atoms with Crippen molar-refractivity contribution in [2.24, 2.45) is 0 Å². The molecular weight excluding hydrogens is 480 g/mol. The Hall–Kier alpha value is -3.70. The van der Waals surface area contributed by atoms with Crippen molar-refractivity contribution in [3.05, 3.63) is 89.5 Å². The van der Waals surface area contributed by atoms with Gasteiger partial charge < -0.3 is 5.32 Å². The normalized spacial score (nSPS) is 11.3. The second-order valence-electron chi connectivity index (χ2n) is 7.25. The van der Waals surface area contributed by atoms with E-state index in [-0.39, 0.29) is 5.69 Å². The molecule has 0 saturated carbocycles. The lowest BCUT2D eigenvalue weighted by Crippen LogP contribution is -2.16. The van der Waals surface area contributed by atoms with Crippen LogP contribution in [0.15, 0.2) is 66.0 Å². The summed E-state index contributed by atoms with van der Waals surface area (Å²) in [4.78, 5) is 8.34. The highest BCUT2D eigenvalue weighted by Crippen LogP contribution is 2.37. The minimum Gasteiger partial charge on any atom is -0.379 e. The molecule has 0 aliphatic rings. The van der Waals surface area contributed by atoms with Crippen molar-refractivity contribution in [1.82, 2.24) is 9.97 Å². The van der Waals surface area contributed by atoms with Crippen LogP contribution >= 0.6 is 11.3 Å². The van der Waals surface area contributed by atoms with E-state index >= 15 is 0 Å². The van der Waals surface area contributed by atoms with Gasteiger partial charge in [0.1, 0.15) is 16.5 Å². The Balaban J connectivity index is 1.70. The van der Waals surface area contributed by atoms with Crippen LogP contribution in [0.4, 0.5) is 19.5 Å². The SMILES string of the molecule is CNc1sc(-c2cnc(C)c(NS(=O)(=O)c3ccc(F)cc3F)c2)cc1C(=N)c1ccncc1. The minimum absolute atomic E-state index is 0.159. The zero-order valence-electron chi connectivity index (χ0n) is 18.1. The van der Waals surface area contributed by atoms with Gasteiger partial charge in [-0.1, -0.05) is 0 Å². The summed E-state index contributed by atoms with van der Waals surface area (Å²) in [7, 11) is -2.57. The molecule has 4 rings (SSSR count). The van der Waals surface area contributed by atoms with Crippen molar-refractivity contribution < 1.29 is 17.2 Å². The number of hydrogen-bond donors (Lipinski definition) is 3. The van der Waals surface area contributed by atoms with Gasteiger partial charge in [-0.15, -0.1) is 11.3 Å². The number of benzene rings is 1. The van der Waals surface area contributed by atoms with Gasteiger partial charge in [0.25, 0.3) is 10.0 Å². The first-order valence-electron chi connectivity index (χ1n) is 9.95. The number of pyridine rings is 2. The van der Waals surface area contributed by atoms with E-state index in [0.717, 1.165) is 22.0 Å². The fraction of sp³-hybridized carbons (Fsp3) is 0.0870. The predicted octanol–water partition coefficient (Wildman–Crippen LogP) is 5.05. The Bertz CT molecular complexity index is 1490. The fourth-order valence-electron chi connectivity index (χ4n) is 3.24. The van der Waals surface area contributed by atoms with Crippen molar-refractivity contribution in [3.8, 4) is 10.4 Å². The van der Waals surface area contributed by atoms with Crippen LogP contribution in [-0.4, -0.2) is 31.1 Å². The molecule has 0 saturated heterocycles. The van der Waals surface area contributed by atoms with E-state index in [1.54, 1.807) is 50.8 Å². The quantitative estimate of drug-likeness (QED) is 0.309. The Kier molecular flexibility index (Phi) is 6.40. The van der Waals surface area contributed by atoms with Crippen LogP contribution in [0.25, 0.3) is 10.4 Å². The van der Waals surface area contributed by atoms with Crippen molar-refractivity contribution in [2.45, 2.75) is 11.8 Å². The molecule has 3 heterocycles. The average Bonchev–Trinajstić information content (AvgIpc) is 3.24. The van der Waals surface area contributed by atoms with Gasteiger partial charge in [-0.05, 0) is 43.3 Å². The molecule has 0 aliphatic heterocycles. The number of aryl methyl sites for hydroxylation is 1. The highest BCUT2D eigenvalue weighted by Gasteiger charge is 2.22. The molecule has 0 bridgehead atoms. The number of thiophene rings is 1. The second kappa shape index (κ2) is 9.27. The Morgan fingerprint density at radius 3 is 2.50 bits per heavy atom. The summed E-state index contributed by atoms with van der Waals surface area (Å²) in [5.74, 6) is -2.06. The summed E-state index contributed by atoms with van der Waals surface area (Å²) in [6.07, 6.45) is 4.82. The van der Waals surface area contributed by atoms with E-state index in [0.29, 0.717) is 34.2 Å². The smallest absolute Gasteiger partial charge is 0.264 e. The van der Waals surface area contributed by atoms with Gasteiger partial charge in [0.05, 0.1) is 22.1 Å². The third-order valence-electron chi connectivity index (χ3n) is 5.00. The van der Waals surface area contributed by atoms with Gasteiger partial charge in [0.2, 0.25) is 0 Å². The number of rotatable bonds is 7. The molecule has 0 spiro atoms. The summed E-state index contributed by atoms with van der Waals surface area (Å²) in [5, 5.41) is 12.4. The molecule has 34 heavy (non-hydrogen) atoms. The van der Waals surface area contributed by atoms with E-state index in [2.05, 4.69) is 20.0 Å². The van der Waals surface area contributed by atoms with Gasteiger partial charge in [0.15, 0.2) is 0 Å². The Labute approximate surface area is 199 Å². The molecule has 174 valence electrons. The summed E-state index contributed by atoms with van der Waals surface area (Å²) >= 11 is 1.38. The molecule has 3 N–H and O–H groups in total. The van der Waals surface area contributed by atoms with Gasteiger partial charge in [-0.2, -0.15) is 0 Å². The lowest BCUT2D eigenvalue weighted by atomic mass is 10.0. The number of anilines is 2. The van der Waals surface area contributed by atoms with E-state index in [4.69, 9.17) is 5.41 Å². The average molecular weight is 500 g/mol. The third kappa shape index (κ3) is 4.66. The molecule has 0 radical (unpaired) electrons. The van der Waals surface area contributed by atoms with Gasteiger partial charge in [0, 0.05) is 53.3 Å². The van der Waals surface area contributed by atoms with Crippen LogP contribution in [0.1, 0.15) is 16.8 Å². The summed E-state index contributed by atoms with van der Waals surface area (Å²) < 4.78 is 55.1. The molecule has 11 heteroatoms. The summed E-state index contributed by atoms with van der Waals surface area (Å²) in [5.41, 5.74) is 2.83. The lowest BCUT2D eigenvalue weighted by Gasteiger charge is -2.12. The largest absolute Gasteiger partial charge is 0.379 e. The van der Waals surface area contributed by atoms with Crippen LogP contribution in [0.3, 0.4) is 0 Å². The molecule has 1 aromatic carbocycles. The number of sulfonamides is 1. The number of nitrogens with zero attached hydrogens (tertiary/aromatic N) is 2. The molecule has 7 nitrogen and oxygen atoms in total. The van der Waals surface area contributed by atoms with Crippen molar-refractivity contribution in [3.63, 3.8) is 0 Å². The molecule has 0 aliphatic carbocycles. The number of nitrogens with one attached hydrogen (secondary N) is 3. The molecule has 0 unspecified atom stereocenters. The van der Waals surface area contributed by atoms with Crippen molar-refractivity contribution in [1.29, 1.82) is 5.41 Å². The molecule has 4 aromatic rings. The standard InChI is InChI=1S/C23H19F2N5O2S2/c1-13-19(30-34(31,32)21-4-3-16(24)10-18(21)25)9-15(12-29-13)20-11-17(23(27-2)33-20)22(26)14-5-7-28-8-6-14/h3-12,26-27,30H,1-2H3. The molecule has 0 amide bonds. The second-order valence-corrected chi connectivity index (χ2v) is 9.95. The first kappa shape index (κ1) is 23.5. The first-order chi connectivity index (χ1) is 16.2. The van der Waals surface area contributed by atoms with Gasteiger partial charge in [-0.25, -0.2) is 17.2 Å². The fourth-order valence-corrected chi connectivity index (χ4v) is 5.41. The van der Waals surface area contributed by atoms with Crippen LogP contribution in [0.5, 0.6) is 0 Å². The summed E-state index contributed by atoms with van der Waals surface area (Å²) in [6.45, 7) is 1.61. The molecule has 3 aromatic heterocycles. The zero-order valence-corrected chi connectivity index (χ0v) is 19.7. The topological polar surface area (TPSA) is 108 Å². The molecule has 0 fully saturated rings. The van der Waals surface area contributed by atoms with Crippen LogP contribution in [0, 0.1) is 24.0 Å². The molecular formula is C23H19F2N5O2S2. The third-order valence-corrected chi connectivity index (χ3v) is 7.60. The van der Waals surface area contributed by atoms with E-state index < -0.39 is 26.6 Å². The molecule has 0 atom stereocenters.